The molecule has 4 fully saturated rings. The molecule has 8 aliphatic rings. The maximum atomic E-state index is 4.93. The summed E-state index contributed by atoms with van der Waals surface area (Å²) in [5.74, 6) is 7.86. The molecule has 8 aliphatic carbocycles. The van der Waals surface area contributed by atoms with Crippen LogP contribution in [-0.4, -0.2) is 0 Å². The van der Waals surface area contributed by atoms with Crippen LogP contribution in [0.25, 0.3) is 0 Å². The van der Waals surface area contributed by atoms with Gasteiger partial charge in [0.1, 0.15) is 0 Å². The second-order valence-corrected chi connectivity index (χ2v) is 34.7. The van der Waals surface area contributed by atoms with E-state index in [9.17, 15) is 0 Å². The van der Waals surface area contributed by atoms with Gasteiger partial charge in [-0.3, -0.25) is 0 Å². The van der Waals surface area contributed by atoms with Gasteiger partial charge in [-0.15, -0.1) is 13.2 Å². The SMILES string of the molecule is C=CCCC(c1ccccc1)(C1CCCC1)C1C2C=C(C)C=CC2C2C=CC(C)=CC21.C=CCCCC1CCC(C(c2ccccc2)(c2ccccc2)C2C3C=C(C(C)(C)C)C=CC3C3C=CC(C(C)(C)C)=CC32)C1.[CH3-].[CH3-].[CH3-].[CH3-].[Cl][Zr+2][Cl].[Cl][Zr+2][Cl]. The monoisotopic (exact) mass is 1370 g/mol. The van der Waals surface area contributed by atoms with Crippen LogP contribution in [0.1, 0.15) is 149 Å². The summed E-state index contributed by atoms with van der Waals surface area (Å²) in [6, 6.07) is 35.3. The Bertz CT molecular complexity index is 2650. The number of benzene rings is 3. The Balaban J connectivity index is 0.000000333. The molecular weight excluding hydrogens is 1270 g/mol. The first-order valence-electron chi connectivity index (χ1n) is 30.9. The molecule has 85 heavy (non-hydrogen) atoms. The Hall–Kier alpha value is -2.01. The Labute approximate surface area is 559 Å². The van der Waals surface area contributed by atoms with Crippen LogP contribution >= 0.6 is 34.1 Å². The zero-order valence-electron chi connectivity index (χ0n) is 54.2. The number of allylic oxidation sites excluding steroid dienone is 18. The third-order valence-electron chi connectivity index (χ3n) is 20.9. The van der Waals surface area contributed by atoms with Gasteiger partial charge in [-0.25, -0.2) is 0 Å². The number of fused-ring (bicyclic) bond motifs is 6. The number of hydrogen-bond acceptors (Lipinski definition) is 0. The van der Waals surface area contributed by atoms with E-state index in [2.05, 4.69) is 245 Å². The van der Waals surface area contributed by atoms with E-state index in [0.29, 0.717) is 65.1 Å². The number of unbranched alkanes of at least 4 members (excludes halogenated alkanes) is 1. The summed E-state index contributed by atoms with van der Waals surface area (Å²) in [4.78, 5) is 0. The van der Waals surface area contributed by atoms with Crippen LogP contribution in [-0.2, 0) is 52.5 Å². The van der Waals surface area contributed by atoms with E-state index in [1.165, 1.54) is 97.6 Å². The second-order valence-electron chi connectivity index (χ2n) is 27.2. The van der Waals surface area contributed by atoms with Crippen LogP contribution < -0.4 is 0 Å². The molecule has 3 aromatic carbocycles. The molecule has 0 N–H and O–H groups in total. The Kier molecular flexibility index (Phi) is 30.6. The van der Waals surface area contributed by atoms with Gasteiger partial charge in [0.25, 0.3) is 0 Å². The molecular formula is C79H106Cl4Zr2. The van der Waals surface area contributed by atoms with E-state index in [1.807, 2.05) is 0 Å². The van der Waals surface area contributed by atoms with Gasteiger partial charge >= 0.3 is 75.7 Å². The summed E-state index contributed by atoms with van der Waals surface area (Å²) in [6.07, 6.45) is 50.7. The zero-order chi connectivity index (χ0) is 58.0. The van der Waals surface area contributed by atoms with Crippen molar-refractivity contribution in [2.75, 3.05) is 0 Å². The molecule has 0 amide bonds. The van der Waals surface area contributed by atoms with E-state index in [-0.39, 0.29) is 51.4 Å². The number of rotatable bonds is 14. The molecule has 0 radical (unpaired) electrons. The zero-order valence-corrected chi connectivity index (χ0v) is 62.1. The molecule has 0 spiro atoms. The van der Waals surface area contributed by atoms with E-state index < -0.39 is 41.7 Å². The fourth-order valence-electron chi connectivity index (χ4n) is 17.6. The van der Waals surface area contributed by atoms with Crippen molar-refractivity contribution in [3.05, 3.63) is 258 Å². The van der Waals surface area contributed by atoms with Gasteiger partial charge in [-0.05, 0) is 181 Å². The standard InChI is InChI=1S/C44H56.C31H38.4CH3.4ClH.2Zr/c1-8-9-12-17-31-22-23-36(28-31)44(32-18-13-10-14-19-32,33-20-15-11-16-21-33)41-39-29-34(42(2,3)4)24-26-37(39)38-27-25-35(30-40(38)41)43(5,6)7;1-4-5-19-31(25-13-9-10-14-25,24-11-7-6-8-12-24)30-28-20-22(2)15-17-26(28)27-18-16-23(3)21-29(27)30;;;;;;;;;;/h8,10-11,13-16,18-21,24-27,29-31,36-41H,1,9,12,17,22-23,28H2,2-7H3;4,6-8,11-12,15-18,20-21,25-30H,1,5,9-10,13-14,19H2,2-3H3;4*1H3;4*1H;;/q;;4*-1;;;;;2*+4/p-4. The Morgan fingerprint density at radius 3 is 1.26 bits per heavy atom. The van der Waals surface area contributed by atoms with Crippen molar-refractivity contribution >= 4 is 34.1 Å². The van der Waals surface area contributed by atoms with Crippen LogP contribution in [0.3, 0.4) is 0 Å². The fourth-order valence-corrected chi connectivity index (χ4v) is 17.6. The molecule has 0 aromatic heterocycles. The molecule has 11 atom stereocenters. The Morgan fingerprint density at radius 2 is 0.859 bits per heavy atom. The van der Waals surface area contributed by atoms with Crippen molar-refractivity contribution in [2.24, 2.45) is 87.8 Å². The van der Waals surface area contributed by atoms with E-state index in [1.54, 1.807) is 5.56 Å². The first-order chi connectivity index (χ1) is 39.0. The second kappa shape index (κ2) is 34.4. The van der Waals surface area contributed by atoms with Crippen molar-refractivity contribution in [3.63, 3.8) is 0 Å². The molecule has 458 valence electrons. The average Bonchev–Trinajstić information content (AvgIpc) is 1.82. The molecule has 6 heteroatoms. The molecule has 11 rings (SSSR count). The average molecular weight is 1380 g/mol. The first-order valence-corrected chi connectivity index (χ1v) is 43.5. The first kappa shape index (κ1) is 75.4. The third kappa shape index (κ3) is 16.6. The molecule has 0 heterocycles. The van der Waals surface area contributed by atoms with Crippen molar-refractivity contribution in [2.45, 2.75) is 143 Å². The minimum atomic E-state index is -0.826. The van der Waals surface area contributed by atoms with Crippen molar-refractivity contribution in [1.29, 1.82) is 0 Å². The molecule has 0 aliphatic heterocycles. The quantitative estimate of drug-likeness (QED) is 0.0857. The van der Waals surface area contributed by atoms with E-state index >= 15 is 0 Å². The molecule has 0 nitrogen and oxygen atoms in total. The summed E-state index contributed by atoms with van der Waals surface area (Å²) in [5.41, 5.74) is 11.0. The van der Waals surface area contributed by atoms with Gasteiger partial charge in [0, 0.05) is 10.8 Å². The predicted octanol–water partition coefficient (Wildman–Crippen LogP) is 24.7. The third-order valence-corrected chi connectivity index (χ3v) is 20.9. The summed E-state index contributed by atoms with van der Waals surface area (Å²) < 4.78 is 0. The number of hydrogen-bond donors (Lipinski definition) is 0. The Morgan fingerprint density at radius 1 is 0.471 bits per heavy atom. The van der Waals surface area contributed by atoms with Crippen LogP contribution in [0, 0.1) is 117 Å². The van der Waals surface area contributed by atoms with Gasteiger partial charge in [0.2, 0.25) is 0 Å². The van der Waals surface area contributed by atoms with Crippen molar-refractivity contribution in [1.82, 2.24) is 0 Å². The predicted molar refractivity (Wildman–Crippen MR) is 371 cm³/mol. The van der Waals surface area contributed by atoms with Gasteiger partial charge < -0.3 is 29.7 Å². The summed E-state index contributed by atoms with van der Waals surface area (Å²) in [5, 5.41) is 0. The molecule has 0 saturated heterocycles. The molecule has 4 saturated carbocycles. The van der Waals surface area contributed by atoms with Gasteiger partial charge in [-0.1, -0.05) is 254 Å². The fraction of sp³-hybridized carbons (Fsp3) is 0.468. The summed E-state index contributed by atoms with van der Waals surface area (Å²) in [6.45, 7) is 27.1. The topological polar surface area (TPSA) is 0 Å². The van der Waals surface area contributed by atoms with E-state index in [0.717, 1.165) is 24.7 Å². The number of halogens is 4. The van der Waals surface area contributed by atoms with Gasteiger partial charge in [-0.2, -0.15) is 0 Å². The molecule has 0 bridgehead atoms. The molecule has 3 aromatic rings. The van der Waals surface area contributed by atoms with Crippen molar-refractivity contribution < 1.29 is 41.7 Å². The van der Waals surface area contributed by atoms with Crippen molar-refractivity contribution in [3.8, 4) is 0 Å². The maximum absolute atomic E-state index is 4.93. The molecule has 11 unspecified atom stereocenters. The van der Waals surface area contributed by atoms with E-state index in [4.69, 9.17) is 34.1 Å². The summed E-state index contributed by atoms with van der Waals surface area (Å²) in [7, 11) is 19.7. The van der Waals surface area contributed by atoms with Crippen LogP contribution in [0.2, 0.25) is 0 Å². The van der Waals surface area contributed by atoms with Crippen LogP contribution in [0.15, 0.2) is 212 Å². The normalized spacial score (nSPS) is 28.1. The minimum absolute atomic E-state index is 0. The summed E-state index contributed by atoms with van der Waals surface area (Å²) >= 11 is -1.65. The van der Waals surface area contributed by atoms with Gasteiger partial charge in [0.05, 0.1) is 0 Å². The van der Waals surface area contributed by atoms with Crippen LogP contribution in [0.5, 0.6) is 0 Å². The van der Waals surface area contributed by atoms with Gasteiger partial charge in [0.15, 0.2) is 0 Å². The van der Waals surface area contributed by atoms with Crippen LogP contribution in [0.4, 0.5) is 0 Å².